The number of halogens is 5. The largest absolute Gasteiger partial charge is 0.416 e. The van der Waals surface area contributed by atoms with Crippen LogP contribution in [0.5, 0.6) is 5.75 Å². The van der Waals surface area contributed by atoms with Gasteiger partial charge in [-0.3, -0.25) is 28.8 Å². The van der Waals surface area contributed by atoms with Crippen LogP contribution in [0.2, 0.25) is 0 Å². The number of hydrogen-bond donors (Lipinski definition) is 6. The average Bonchev–Trinajstić information content (AvgIpc) is 3.35. The molecule has 7 rings (SSSR count). The molecule has 19 heteroatoms. The molecule has 0 bridgehead atoms. The molecule has 68 heavy (non-hydrogen) atoms. The number of carbonyl (C=O) groups excluding carboxylic acids is 7. The Morgan fingerprint density at radius 1 is 0.456 bits per heavy atom. The van der Waals surface area contributed by atoms with Crippen LogP contribution in [0.1, 0.15) is 150 Å². The zero-order chi connectivity index (χ0) is 48.6. The zero-order valence-electron chi connectivity index (χ0n) is 36.6. The van der Waals surface area contributed by atoms with Crippen molar-refractivity contribution in [3.8, 4) is 5.75 Å². The fourth-order valence-corrected chi connectivity index (χ4v) is 8.95. The van der Waals surface area contributed by atoms with Crippen LogP contribution >= 0.6 is 0 Å². The van der Waals surface area contributed by atoms with Gasteiger partial charge in [0.2, 0.25) is 34.8 Å². The molecule has 7 N–H and O–H groups in total. The van der Waals surface area contributed by atoms with Crippen molar-refractivity contribution in [2.24, 2.45) is 5.73 Å². The number of rotatable bonds is 13. The lowest BCUT2D eigenvalue weighted by Crippen LogP contribution is -2.53. The van der Waals surface area contributed by atoms with E-state index in [1.807, 2.05) is 0 Å². The standard InChI is InChI=1S/C49H49F5N6O8/c50-38-39(51)41(53)43(42(54)40(38)52)68-49(67)31-20-25(24-61)19-30(23-31)48(66)60-37-18-6-5-17-36(37)59-47(65)29-12-8-11-28(22-29)46(64)58-35-16-4-3-15-34(35)57-45(63)27-10-7-9-26(21-27)44(62)56-33-14-2-1-13-32(33)55/h7-12,19-24,32-37H,1-6,13-18,55H2,(H,56,62)(H,57,63)(H,58,64)(H,59,65)(H,60,66). The maximum atomic E-state index is 14.2. The number of benzene rings is 4. The van der Waals surface area contributed by atoms with Crippen molar-refractivity contribution in [3.05, 3.63) is 135 Å². The number of carbonyl (C=O) groups is 7. The highest BCUT2D eigenvalue weighted by Gasteiger charge is 2.33. The predicted octanol–water partition coefficient (Wildman–Crippen LogP) is 6.36. The van der Waals surface area contributed by atoms with Gasteiger partial charge < -0.3 is 37.1 Å². The molecular weight excluding hydrogens is 896 g/mol. The van der Waals surface area contributed by atoms with Gasteiger partial charge in [-0.2, -0.15) is 8.78 Å². The molecule has 6 atom stereocenters. The summed E-state index contributed by atoms with van der Waals surface area (Å²) in [6.45, 7) is 0. The second-order valence-corrected chi connectivity index (χ2v) is 17.3. The number of esters is 1. The van der Waals surface area contributed by atoms with Crippen LogP contribution in [0.25, 0.3) is 0 Å². The van der Waals surface area contributed by atoms with Gasteiger partial charge in [0, 0.05) is 69.6 Å². The van der Waals surface area contributed by atoms with E-state index in [-0.39, 0.29) is 46.5 Å². The second kappa shape index (κ2) is 21.7. The number of aldehydes is 1. The normalized spacial score (nSPS) is 21.4. The van der Waals surface area contributed by atoms with Crippen LogP contribution in [-0.4, -0.2) is 78.0 Å². The number of nitrogens with one attached hydrogen (secondary N) is 5. The maximum Gasteiger partial charge on any atom is 0.343 e. The van der Waals surface area contributed by atoms with Crippen LogP contribution in [-0.2, 0) is 0 Å². The van der Waals surface area contributed by atoms with E-state index in [2.05, 4.69) is 31.3 Å². The fourth-order valence-electron chi connectivity index (χ4n) is 8.95. The SMILES string of the molecule is NC1CCCCC1NC(=O)c1cccc(C(=O)NC2CCCCC2NC(=O)c2cccc(C(=O)NC3CCCCC3NC(=O)c3cc(C=O)cc(C(=O)Oc4c(F)c(F)c(F)c(F)c4F)c3)c2)c1. The summed E-state index contributed by atoms with van der Waals surface area (Å²) in [5, 5.41) is 14.7. The van der Waals surface area contributed by atoms with E-state index < -0.39 is 94.2 Å². The van der Waals surface area contributed by atoms with Gasteiger partial charge in [-0.1, -0.05) is 50.7 Å². The molecule has 6 unspecified atom stereocenters. The van der Waals surface area contributed by atoms with Crippen molar-refractivity contribution in [3.63, 3.8) is 0 Å². The third-order valence-electron chi connectivity index (χ3n) is 12.7. The molecule has 4 aromatic carbocycles. The van der Waals surface area contributed by atoms with Crippen LogP contribution in [0, 0.1) is 29.1 Å². The number of ether oxygens (including phenoxy) is 1. The van der Waals surface area contributed by atoms with Crippen molar-refractivity contribution < 1.29 is 60.3 Å². The van der Waals surface area contributed by atoms with Gasteiger partial charge in [0.05, 0.1) is 5.56 Å². The first-order valence-corrected chi connectivity index (χ1v) is 22.5. The Bertz CT molecular complexity index is 2600. The van der Waals surface area contributed by atoms with E-state index in [0.29, 0.717) is 49.7 Å². The molecule has 5 amide bonds. The smallest absolute Gasteiger partial charge is 0.343 e. The topological polar surface area (TPSA) is 215 Å². The molecule has 3 aliphatic carbocycles. The van der Waals surface area contributed by atoms with Gasteiger partial charge in [-0.15, -0.1) is 0 Å². The molecule has 0 heterocycles. The molecular formula is C49H49F5N6O8. The van der Waals surface area contributed by atoms with Gasteiger partial charge >= 0.3 is 5.97 Å². The van der Waals surface area contributed by atoms with Crippen molar-refractivity contribution >= 4 is 41.8 Å². The molecule has 0 saturated heterocycles. The quantitative estimate of drug-likeness (QED) is 0.0220. The average molecular weight is 945 g/mol. The minimum absolute atomic E-state index is 0.128. The molecule has 0 aliphatic heterocycles. The Morgan fingerprint density at radius 3 is 1.18 bits per heavy atom. The zero-order valence-corrected chi connectivity index (χ0v) is 36.6. The fraction of sp³-hybridized carbons (Fsp3) is 0.367. The third-order valence-corrected chi connectivity index (χ3v) is 12.7. The summed E-state index contributed by atoms with van der Waals surface area (Å²) in [6.07, 6.45) is 8.85. The van der Waals surface area contributed by atoms with Crippen LogP contribution in [0.4, 0.5) is 22.0 Å². The van der Waals surface area contributed by atoms with Crippen molar-refractivity contribution in [2.45, 2.75) is 113 Å². The molecule has 0 radical (unpaired) electrons. The summed E-state index contributed by atoms with van der Waals surface area (Å²) >= 11 is 0. The minimum Gasteiger partial charge on any atom is -0.416 e. The molecule has 0 spiro atoms. The van der Waals surface area contributed by atoms with Gasteiger partial charge in [-0.25, -0.2) is 18.0 Å². The van der Waals surface area contributed by atoms with Gasteiger partial charge in [0.15, 0.2) is 0 Å². The second-order valence-electron chi connectivity index (χ2n) is 17.3. The molecule has 3 fully saturated rings. The van der Waals surface area contributed by atoms with Crippen molar-refractivity contribution in [1.29, 1.82) is 0 Å². The first-order valence-electron chi connectivity index (χ1n) is 22.5. The monoisotopic (exact) mass is 944 g/mol. The summed E-state index contributed by atoms with van der Waals surface area (Å²) in [5.41, 5.74) is 6.01. The summed E-state index contributed by atoms with van der Waals surface area (Å²) in [6, 6.07) is 12.9. The van der Waals surface area contributed by atoms with E-state index in [1.165, 1.54) is 18.2 Å². The maximum absolute atomic E-state index is 14.2. The highest BCUT2D eigenvalue weighted by Crippen LogP contribution is 2.30. The molecule has 3 aliphatic rings. The molecule has 14 nitrogen and oxygen atoms in total. The molecule has 4 aromatic rings. The predicted molar refractivity (Wildman–Crippen MR) is 236 cm³/mol. The van der Waals surface area contributed by atoms with Gasteiger partial charge in [0.25, 0.3) is 29.5 Å². The van der Waals surface area contributed by atoms with Gasteiger partial charge in [-0.05, 0) is 93.1 Å². The third kappa shape index (κ3) is 11.4. The van der Waals surface area contributed by atoms with E-state index in [4.69, 9.17) is 5.73 Å². The van der Waals surface area contributed by atoms with Crippen molar-refractivity contribution in [2.75, 3.05) is 0 Å². The minimum atomic E-state index is -2.46. The molecule has 3 saturated carbocycles. The number of amides is 5. The highest BCUT2D eigenvalue weighted by atomic mass is 19.2. The number of hydrogen-bond acceptors (Lipinski definition) is 9. The lowest BCUT2D eigenvalue weighted by Gasteiger charge is -2.33. The Balaban J connectivity index is 0.968. The van der Waals surface area contributed by atoms with E-state index in [0.717, 1.165) is 56.7 Å². The Hall–Kier alpha value is -7.02. The lowest BCUT2D eigenvalue weighted by molar-refractivity contribution is 0.0714. The van der Waals surface area contributed by atoms with E-state index in [1.54, 1.807) is 30.3 Å². The molecule has 358 valence electrons. The number of nitrogens with two attached hydrogens (primary N) is 1. The van der Waals surface area contributed by atoms with Crippen LogP contribution in [0.15, 0.2) is 66.7 Å². The van der Waals surface area contributed by atoms with Crippen LogP contribution < -0.4 is 37.1 Å². The van der Waals surface area contributed by atoms with Crippen LogP contribution in [0.3, 0.4) is 0 Å². The molecule has 0 aromatic heterocycles. The Kier molecular flexibility index (Phi) is 15.6. The van der Waals surface area contributed by atoms with Crippen molar-refractivity contribution in [1.82, 2.24) is 26.6 Å². The summed E-state index contributed by atoms with van der Waals surface area (Å²) in [5.74, 6) is -18.0. The summed E-state index contributed by atoms with van der Waals surface area (Å²) in [4.78, 5) is 92.1. The van der Waals surface area contributed by atoms with E-state index >= 15 is 0 Å². The summed E-state index contributed by atoms with van der Waals surface area (Å²) in [7, 11) is 0. The Labute approximate surface area is 387 Å². The highest BCUT2D eigenvalue weighted by molar-refractivity contribution is 6.02. The first-order chi connectivity index (χ1) is 32.6. The summed E-state index contributed by atoms with van der Waals surface area (Å²) < 4.78 is 74.0. The van der Waals surface area contributed by atoms with E-state index in [9.17, 15) is 55.5 Å². The lowest BCUT2D eigenvalue weighted by atomic mass is 9.89. The van der Waals surface area contributed by atoms with Gasteiger partial charge in [0.1, 0.15) is 6.29 Å². The Morgan fingerprint density at radius 2 is 0.779 bits per heavy atom. The first kappa shape index (κ1) is 48.9.